The zero-order valence-electron chi connectivity index (χ0n) is 12.2. The van der Waals surface area contributed by atoms with E-state index in [0.717, 1.165) is 27.5 Å². The summed E-state index contributed by atoms with van der Waals surface area (Å²) in [6, 6.07) is 7.56. The van der Waals surface area contributed by atoms with E-state index >= 15 is 0 Å². The summed E-state index contributed by atoms with van der Waals surface area (Å²) < 4.78 is 10.6. The van der Waals surface area contributed by atoms with Crippen LogP contribution in [0.4, 0.5) is 5.69 Å². The molecule has 22 heavy (non-hydrogen) atoms. The van der Waals surface area contributed by atoms with Crippen LogP contribution in [0.5, 0.6) is 11.5 Å². The van der Waals surface area contributed by atoms with Gasteiger partial charge in [-0.2, -0.15) is 0 Å². The van der Waals surface area contributed by atoms with Crippen LogP contribution in [0.1, 0.15) is 0 Å². The quantitative estimate of drug-likeness (QED) is 0.798. The van der Waals surface area contributed by atoms with Gasteiger partial charge < -0.3 is 15.2 Å². The average Bonchev–Trinajstić information content (AvgIpc) is 3.01. The van der Waals surface area contributed by atoms with Crippen LogP contribution >= 0.6 is 11.3 Å². The van der Waals surface area contributed by atoms with Crippen LogP contribution < -0.4 is 15.2 Å². The van der Waals surface area contributed by atoms with Crippen molar-refractivity contribution in [1.82, 2.24) is 9.97 Å². The second kappa shape index (κ2) is 6.03. The van der Waals surface area contributed by atoms with Gasteiger partial charge in [0.1, 0.15) is 0 Å². The molecule has 0 saturated carbocycles. The Morgan fingerprint density at radius 1 is 1.00 bits per heavy atom. The molecule has 6 heteroatoms. The van der Waals surface area contributed by atoms with Crippen molar-refractivity contribution in [2.24, 2.45) is 0 Å². The number of methoxy groups -OCH3 is 2. The molecule has 2 heterocycles. The molecule has 0 aliphatic heterocycles. The molecule has 0 fully saturated rings. The van der Waals surface area contributed by atoms with Crippen molar-refractivity contribution in [3.63, 3.8) is 0 Å². The van der Waals surface area contributed by atoms with Crippen molar-refractivity contribution in [3.05, 3.63) is 42.0 Å². The van der Waals surface area contributed by atoms with E-state index in [9.17, 15) is 0 Å². The first kappa shape index (κ1) is 14.3. The van der Waals surface area contributed by atoms with Gasteiger partial charge in [0.25, 0.3) is 0 Å². The normalized spacial score (nSPS) is 10.5. The molecule has 3 rings (SSSR count). The van der Waals surface area contributed by atoms with E-state index in [1.165, 1.54) is 0 Å². The van der Waals surface area contributed by atoms with E-state index in [0.29, 0.717) is 11.5 Å². The van der Waals surface area contributed by atoms with Gasteiger partial charge >= 0.3 is 0 Å². The molecular weight excluding hydrogens is 298 g/mol. The zero-order valence-corrected chi connectivity index (χ0v) is 13.1. The molecule has 0 aliphatic rings. The third kappa shape index (κ3) is 2.73. The van der Waals surface area contributed by atoms with E-state index in [1.807, 2.05) is 29.6 Å². The molecule has 3 aromatic rings. The van der Waals surface area contributed by atoms with Gasteiger partial charge in [0.05, 0.1) is 42.9 Å². The van der Waals surface area contributed by atoms with E-state index in [4.69, 9.17) is 15.2 Å². The Morgan fingerprint density at radius 2 is 1.77 bits per heavy atom. The largest absolute Gasteiger partial charge is 0.493 e. The van der Waals surface area contributed by atoms with Gasteiger partial charge in [-0.3, -0.25) is 4.98 Å². The van der Waals surface area contributed by atoms with Crippen molar-refractivity contribution in [3.8, 4) is 33.3 Å². The molecule has 112 valence electrons. The fraction of sp³-hybridized carbons (Fsp3) is 0.125. The predicted octanol–water partition coefficient (Wildman–Crippen LogP) is 3.47. The number of hydrogen-bond donors (Lipinski definition) is 1. The highest BCUT2D eigenvalue weighted by Gasteiger charge is 2.09. The molecule has 0 spiro atoms. The number of benzene rings is 1. The number of ether oxygens (including phenoxy) is 2. The highest BCUT2D eigenvalue weighted by atomic mass is 32.1. The minimum atomic E-state index is 0.660. The molecule has 0 bridgehead atoms. The summed E-state index contributed by atoms with van der Waals surface area (Å²) in [5.41, 5.74) is 8.98. The van der Waals surface area contributed by atoms with E-state index in [1.54, 1.807) is 38.0 Å². The Labute approximate surface area is 132 Å². The highest BCUT2D eigenvalue weighted by Crippen LogP contribution is 2.33. The Morgan fingerprint density at radius 3 is 2.45 bits per heavy atom. The second-order valence-corrected chi connectivity index (χ2v) is 5.51. The van der Waals surface area contributed by atoms with Crippen LogP contribution in [0.15, 0.2) is 42.0 Å². The predicted molar refractivity (Wildman–Crippen MR) is 88.3 cm³/mol. The number of thiophene rings is 1. The van der Waals surface area contributed by atoms with Gasteiger partial charge in [0.15, 0.2) is 11.5 Å². The molecule has 2 N–H and O–H groups in total. The van der Waals surface area contributed by atoms with Gasteiger partial charge in [0, 0.05) is 16.6 Å². The van der Waals surface area contributed by atoms with Crippen LogP contribution in [0.2, 0.25) is 0 Å². The number of nitrogens with two attached hydrogens (primary N) is 1. The topological polar surface area (TPSA) is 70.3 Å². The summed E-state index contributed by atoms with van der Waals surface area (Å²) in [5, 5.41) is 1.89. The van der Waals surface area contributed by atoms with E-state index in [2.05, 4.69) is 9.97 Å². The summed E-state index contributed by atoms with van der Waals surface area (Å²) in [7, 11) is 3.22. The van der Waals surface area contributed by atoms with Gasteiger partial charge in [-0.25, -0.2) is 4.98 Å². The molecule has 0 saturated heterocycles. The lowest BCUT2D eigenvalue weighted by atomic mass is 10.1. The standard InChI is InChI=1S/C16H15N3O2S/c1-20-14-4-3-10(5-15(14)21-2)12-7-18-8-13(19-12)16-6-11(17)9-22-16/h3-9H,17H2,1-2H3. The SMILES string of the molecule is COc1ccc(-c2cncc(-c3cc(N)cs3)n2)cc1OC. The van der Waals surface area contributed by atoms with Gasteiger partial charge in [-0.1, -0.05) is 0 Å². The van der Waals surface area contributed by atoms with Crippen molar-refractivity contribution in [2.75, 3.05) is 20.0 Å². The van der Waals surface area contributed by atoms with Crippen LogP contribution in [-0.4, -0.2) is 24.2 Å². The number of aromatic nitrogens is 2. The average molecular weight is 313 g/mol. The summed E-state index contributed by atoms with van der Waals surface area (Å²) in [5.74, 6) is 1.34. The lowest BCUT2D eigenvalue weighted by Gasteiger charge is -2.09. The molecule has 2 aromatic heterocycles. The summed E-state index contributed by atoms with van der Waals surface area (Å²) in [4.78, 5) is 9.92. The Kier molecular flexibility index (Phi) is 3.93. The summed E-state index contributed by atoms with van der Waals surface area (Å²) >= 11 is 1.55. The third-order valence-corrected chi connectivity index (χ3v) is 4.16. The number of rotatable bonds is 4. The lowest BCUT2D eigenvalue weighted by molar-refractivity contribution is 0.355. The Hall–Kier alpha value is -2.60. The highest BCUT2D eigenvalue weighted by molar-refractivity contribution is 7.14. The van der Waals surface area contributed by atoms with Gasteiger partial charge in [-0.05, 0) is 24.3 Å². The molecule has 1 aromatic carbocycles. The van der Waals surface area contributed by atoms with Gasteiger partial charge in [-0.15, -0.1) is 11.3 Å². The fourth-order valence-corrected chi connectivity index (χ4v) is 2.86. The first-order valence-electron chi connectivity index (χ1n) is 6.60. The van der Waals surface area contributed by atoms with Crippen molar-refractivity contribution in [1.29, 1.82) is 0 Å². The van der Waals surface area contributed by atoms with Gasteiger partial charge in [0.2, 0.25) is 0 Å². The number of anilines is 1. The third-order valence-electron chi connectivity index (χ3n) is 3.19. The van der Waals surface area contributed by atoms with Crippen LogP contribution in [0.25, 0.3) is 21.8 Å². The molecular formula is C16H15N3O2S. The second-order valence-electron chi connectivity index (χ2n) is 4.60. The Balaban J connectivity index is 2.02. The first-order chi connectivity index (χ1) is 10.7. The van der Waals surface area contributed by atoms with Crippen LogP contribution in [-0.2, 0) is 0 Å². The van der Waals surface area contributed by atoms with Crippen molar-refractivity contribution >= 4 is 17.0 Å². The smallest absolute Gasteiger partial charge is 0.161 e. The van der Waals surface area contributed by atoms with E-state index < -0.39 is 0 Å². The molecule has 0 amide bonds. The first-order valence-corrected chi connectivity index (χ1v) is 7.48. The minimum absolute atomic E-state index is 0.660. The van der Waals surface area contributed by atoms with E-state index in [-0.39, 0.29) is 0 Å². The molecule has 0 atom stereocenters. The maximum atomic E-state index is 5.77. The number of nitrogen functional groups attached to an aromatic ring is 1. The minimum Gasteiger partial charge on any atom is -0.493 e. The van der Waals surface area contributed by atoms with Crippen LogP contribution in [0, 0.1) is 0 Å². The molecule has 5 nitrogen and oxygen atoms in total. The monoisotopic (exact) mass is 313 g/mol. The Bertz CT molecular complexity index is 802. The van der Waals surface area contributed by atoms with Crippen molar-refractivity contribution < 1.29 is 9.47 Å². The number of hydrogen-bond acceptors (Lipinski definition) is 6. The van der Waals surface area contributed by atoms with Crippen molar-refractivity contribution in [2.45, 2.75) is 0 Å². The number of nitrogens with zero attached hydrogens (tertiary/aromatic N) is 2. The maximum absolute atomic E-state index is 5.77. The fourth-order valence-electron chi connectivity index (χ4n) is 2.10. The summed E-state index contributed by atoms with van der Waals surface area (Å²) in [6.45, 7) is 0. The molecule has 0 aliphatic carbocycles. The molecule has 0 radical (unpaired) electrons. The lowest BCUT2D eigenvalue weighted by Crippen LogP contribution is -1.93. The zero-order chi connectivity index (χ0) is 15.5. The maximum Gasteiger partial charge on any atom is 0.161 e. The summed E-state index contributed by atoms with van der Waals surface area (Å²) in [6.07, 6.45) is 3.46. The molecule has 0 unspecified atom stereocenters. The van der Waals surface area contributed by atoms with Crippen LogP contribution in [0.3, 0.4) is 0 Å².